The second kappa shape index (κ2) is 4.35. The molecule has 1 fully saturated rings. The van der Waals surface area contributed by atoms with E-state index in [0.717, 1.165) is 13.0 Å². The molecule has 1 saturated carbocycles. The summed E-state index contributed by atoms with van der Waals surface area (Å²) in [5, 5.41) is 7.85. The second-order valence-corrected chi connectivity index (χ2v) is 4.97. The minimum absolute atomic E-state index is 0.405. The van der Waals surface area contributed by atoms with Gasteiger partial charge in [-0.25, -0.2) is 0 Å². The maximum atomic E-state index is 4.17. The lowest BCUT2D eigenvalue weighted by molar-refractivity contribution is 0.368. The molecule has 1 aromatic heterocycles. The predicted octanol–water partition coefficient (Wildman–Crippen LogP) is 1.88. The second-order valence-electron chi connectivity index (χ2n) is 4.97. The van der Waals surface area contributed by atoms with E-state index in [1.807, 2.05) is 17.9 Å². The average Bonchev–Trinajstić information content (AvgIpc) is 2.76. The van der Waals surface area contributed by atoms with Crippen LogP contribution in [0.1, 0.15) is 38.2 Å². The van der Waals surface area contributed by atoms with Crippen molar-refractivity contribution in [2.24, 2.45) is 7.05 Å². The lowest BCUT2D eigenvalue weighted by Crippen LogP contribution is -2.40. The fraction of sp³-hybridized carbons (Fsp3) is 0.750. The van der Waals surface area contributed by atoms with Gasteiger partial charge < -0.3 is 5.32 Å². The molecule has 0 amide bonds. The summed E-state index contributed by atoms with van der Waals surface area (Å²) in [6, 6.07) is 0. The standard InChI is InChI=1S/C12H21N3/c1-12(6-3-4-7-12)13-8-5-11-9-14-15(2)10-11/h9-10,13H,3-8H2,1-2H3. The maximum absolute atomic E-state index is 4.17. The van der Waals surface area contributed by atoms with Crippen molar-refractivity contribution in [3.05, 3.63) is 18.0 Å². The first kappa shape index (κ1) is 10.7. The molecule has 0 unspecified atom stereocenters. The highest BCUT2D eigenvalue weighted by Gasteiger charge is 2.27. The van der Waals surface area contributed by atoms with E-state index in [-0.39, 0.29) is 0 Å². The molecule has 0 atom stereocenters. The third-order valence-corrected chi connectivity index (χ3v) is 3.43. The van der Waals surface area contributed by atoms with Gasteiger partial charge in [0.25, 0.3) is 0 Å². The largest absolute Gasteiger partial charge is 0.311 e. The summed E-state index contributed by atoms with van der Waals surface area (Å²) >= 11 is 0. The molecule has 0 aromatic carbocycles. The number of hydrogen-bond donors (Lipinski definition) is 1. The molecule has 3 nitrogen and oxygen atoms in total. The summed E-state index contributed by atoms with van der Waals surface area (Å²) in [6.45, 7) is 3.42. The van der Waals surface area contributed by atoms with Crippen LogP contribution in [0, 0.1) is 0 Å². The van der Waals surface area contributed by atoms with Gasteiger partial charge in [0.1, 0.15) is 0 Å². The van der Waals surface area contributed by atoms with Crippen LogP contribution in [-0.4, -0.2) is 21.9 Å². The summed E-state index contributed by atoms with van der Waals surface area (Å²) in [5.74, 6) is 0. The van der Waals surface area contributed by atoms with Gasteiger partial charge in [-0.15, -0.1) is 0 Å². The first-order valence-corrected chi connectivity index (χ1v) is 5.91. The van der Waals surface area contributed by atoms with Gasteiger partial charge in [0.15, 0.2) is 0 Å². The van der Waals surface area contributed by atoms with Crippen molar-refractivity contribution in [2.45, 2.75) is 44.6 Å². The summed E-state index contributed by atoms with van der Waals surface area (Å²) in [6.07, 6.45) is 10.6. The van der Waals surface area contributed by atoms with E-state index < -0.39 is 0 Å². The molecule has 3 heteroatoms. The quantitative estimate of drug-likeness (QED) is 0.817. The number of rotatable bonds is 4. The van der Waals surface area contributed by atoms with Crippen molar-refractivity contribution in [2.75, 3.05) is 6.54 Å². The summed E-state index contributed by atoms with van der Waals surface area (Å²) in [5.41, 5.74) is 1.73. The topological polar surface area (TPSA) is 29.9 Å². The monoisotopic (exact) mass is 207 g/mol. The fourth-order valence-electron chi connectivity index (χ4n) is 2.44. The van der Waals surface area contributed by atoms with E-state index in [2.05, 4.69) is 23.5 Å². The molecule has 1 aliphatic rings. The Labute approximate surface area is 91.9 Å². The first-order valence-electron chi connectivity index (χ1n) is 5.91. The van der Waals surface area contributed by atoms with Crippen molar-refractivity contribution < 1.29 is 0 Å². The number of nitrogens with one attached hydrogen (secondary N) is 1. The Morgan fingerprint density at radius 1 is 1.47 bits per heavy atom. The zero-order valence-electron chi connectivity index (χ0n) is 9.79. The van der Waals surface area contributed by atoms with Gasteiger partial charge in [0.05, 0.1) is 6.20 Å². The molecular weight excluding hydrogens is 186 g/mol. The highest BCUT2D eigenvalue weighted by Crippen LogP contribution is 2.28. The SMILES string of the molecule is Cn1cc(CCNC2(C)CCCC2)cn1. The van der Waals surface area contributed by atoms with Gasteiger partial charge in [-0.05, 0) is 38.3 Å². The third-order valence-electron chi connectivity index (χ3n) is 3.43. The smallest absolute Gasteiger partial charge is 0.0522 e. The molecule has 0 saturated heterocycles. The van der Waals surface area contributed by atoms with E-state index in [1.165, 1.54) is 31.2 Å². The van der Waals surface area contributed by atoms with Crippen LogP contribution in [0.2, 0.25) is 0 Å². The van der Waals surface area contributed by atoms with Crippen molar-refractivity contribution in [3.63, 3.8) is 0 Å². The zero-order valence-corrected chi connectivity index (χ0v) is 9.79. The molecule has 1 aliphatic carbocycles. The van der Waals surface area contributed by atoms with E-state index in [9.17, 15) is 0 Å². The highest BCUT2D eigenvalue weighted by molar-refractivity contribution is 5.04. The van der Waals surface area contributed by atoms with Crippen LogP contribution in [0.3, 0.4) is 0 Å². The fourth-order valence-corrected chi connectivity index (χ4v) is 2.44. The van der Waals surface area contributed by atoms with Gasteiger partial charge in [0.2, 0.25) is 0 Å². The van der Waals surface area contributed by atoms with E-state index in [1.54, 1.807) is 0 Å². The molecule has 0 bridgehead atoms. The third kappa shape index (κ3) is 2.81. The Balaban J connectivity index is 1.75. The first-order chi connectivity index (χ1) is 7.18. The zero-order chi connectivity index (χ0) is 10.7. The minimum atomic E-state index is 0.405. The van der Waals surface area contributed by atoms with Crippen LogP contribution in [0.4, 0.5) is 0 Å². The summed E-state index contributed by atoms with van der Waals surface area (Å²) in [7, 11) is 1.97. The van der Waals surface area contributed by atoms with E-state index >= 15 is 0 Å². The van der Waals surface area contributed by atoms with Gasteiger partial charge in [0, 0.05) is 18.8 Å². The Bertz CT molecular complexity index is 310. The molecule has 84 valence electrons. The van der Waals surface area contributed by atoms with Crippen molar-refractivity contribution >= 4 is 0 Å². The van der Waals surface area contributed by atoms with Crippen LogP contribution in [0.5, 0.6) is 0 Å². The van der Waals surface area contributed by atoms with Crippen LogP contribution in [0.25, 0.3) is 0 Å². The van der Waals surface area contributed by atoms with Crippen LogP contribution < -0.4 is 5.32 Å². The van der Waals surface area contributed by atoms with Gasteiger partial charge in [-0.2, -0.15) is 5.10 Å². The normalized spacial score (nSPS) is 19.6. The molecule has 0 aliphatic heterocycles. The lowest BCUT2D eigenvalue weighted by atomic mass is 10.0. The van der Waals surface area contributed by atoms with Gasteiger partial charge in [-0.1, -0.05) is 12.8 Å². The van der Waals surface area contributed by atoms with Crippen LogP contribution >= 0.6 is 0 Å². The van der Waals surface area contributed by atoms with Crippen LogP contribution in [0.15, 0.2) is 12.4 Å². The molecule has 15 heavy (non-hydrogen) atoms. The van der Waals surface area contributed by atoms with E-state index in [0.29, 0.717) is 5.54 Å². The predicted molar refractivity (Wildman–Crippen MR) is 61.8 cm³/mol. The minimum Gasteiger partial charge on any atom is -0.311 e. The van der Waals surface area contributed by atoms with Gasteiger partial charge in [-0.3, -0.25) is 4.68 Å². The molecule has 0 radical (unpaired) electrons. The number of aryl methyl sites for hydroxylation is 1. The van der Waals surface area contributed by atoms with Crippen LogP contribution in [-0.2, 0) is 13.5 Å². The Kier molecular flexibility index (Phi) is 3.10. The lowest BCUT2D eigenvalue weighted by Gasteiger charge is -2.25. The highest BCUT2D eigenvalue weighted by atomic mass is 15.2. The van der Waals surface area contributed by atoms with Crippen molar-refractivity contribution in [3.8, 4) is 0 Å². The molecule has 1 N–H and O–H groups in total. The summed E-state index contributed by atoms with van der Waals surface area (Å²) < 4.78 is 1.87. The van der Waals surface area contributed by atoms with E-state index in [4.69, 9.17) is 0 Å². The summed E-state index contributed by atoms with van der Waals surface area (Å²) in [4.78, 5) is 0. The number of aromatic nitrogens is 2. The molecule has 0 spiro atoms. The molecular formula is C12H21N3. The molecule has 1 heterocycles. The van der Waals surface area contributed by atoms with Crippen molar-refractivity contribution in [1.82, 2.24) is 15.1 Å². The Morgan fingerprint density at radius 3 is 2.80 bits per heavy atom. The average molecular weight is 207 g/mol. The van der Waals surface area contributed by atoms with Gasteiger partial charge >= 0.3 is 0 Å². The Hall–Kier alpha value is -0.830. The number of nitrogens with zero attached hydrogens (tertiary/aromatic N) is 2. The molecule has 2 rings (SSSR count). The Morgan fingerprint density at radius 2 is 2.20 bits per heavy atom. The molecule has 1 aromatic rings. The maximum Gasteiger partial charge on any atom is 0.0522 e. The van der Waals surface area contributed by atoms with Crippen molar-refractivity contribution in [1.29, 1.82) is 0 Å². The number of hydrogen-bond acceptors (Lipinski definition) is 2.